The highest BCUT2D eigenvalue weighted by molar-refractivity contribution is 7.17. The monoisotopic (exact) mass is 1250 g/mol. The molecule has 4 aromatic heterocycles. The summed E-state index contributed by atoms with van der Waals surface area (Å²) in [4.78, 5) is 104. The molecule has 0 fully saturated rings. The second-order valence-electron chi connectivity index (χ2n) is 19.2. The van der Waals surface area contributed by atoms with Crippen LogP contribution in [0.2, 0.25) is 17.3 Å². The van der Waals surface area contributed by atoms with Gasteiger partial charge in [-0.2, -0.15) is 0 Å². The molecule has 80 heavy (non-hydrogen) atoms. The fourth-order valence-electron chi connectivity index (χ4n) is 10.8. The zero-order valence-corrected chi connectivity index (χ0v) is 50.8. The maximum atomic E-state index is 11.8. The Morgan fingerprint density at radius 3 is 0.738 bits per heavy atom. The second kappa shape index (κ2) is 29.6. The summed E-state index contributed by atoms with van der Waals surface area (Å²) < 4.78 is 2.53. The molecule has 0 radical (unpaired) electrons. The summed E-state index contributed by atoms with van der Waals surface area (Å²) in [7, 11) is 0. The van der Waals surface area contributed by atoms with Crippen LogP contribution >= 0.6 is 91.8 Å². The molecule has 4 amide bonds. The Morgan fingerprint density at radius 2 is 0.600 bits per heavy atom. The minimum absolute atomic E-state index is 0.176. The summed E-state index contributed by atoms with van der Waals surface area (Å²) >= 11 is 29.8. The van der Waals surface area contributed by atoms with Crippen molar-refractivity contribution in [3.8, 4) is 0 Å². The fraction of sp³-hybridized carbons (Fsp3) is 0.429. The lowest BCUT2D eigenvalue weighted by Crippen LogP contribution is -2.40. The molecule has 0 aliphatic carbocycles. The van der Waals surface area contributed by atoms with Crippen molar-refractivity contribution in [3.63, 3.8) is 0 Å². The van der Waals surface area contributed by atoms with Gasteiger partial charge in [0.25, 0.3) is 0 Å². The summed E-state index contributed by atoms with van der Waals surface area (Å²) in [5.74, 6) is -6.95. The van der Waals surface area contributed by atoms with Crippen LogP contribution in [0.1, 0.15) is 119 Å². The summed E-state index contributed by atoms with van der Waals surface area (Å²) in [5, 5.41) is 37.5. The molecule has 24 heteroatoms. The first kappa shape index (κ1) is 65.5. The van der Waals surface area contributed by atoms with Crippen molar-refractivity contribution in [1.29, 1.82) is 0 Å². The number of halogens is 4. The molecule has 4 aliphatic rings. The number of nitrogens with zero attached hydrogens (tertiary/aromatic N) is 4. The van der Waals surface area contributed by atoms with Gasteiger partial charge in [-0.3, -0.25) is 38.4 Å². The molecule has 0 unspecified atom stereocenters. The van der Waals surface area contributed by atoms with Crippen LogP contribution in [0.3, 0.4) is 0 Å². The largest absolute Gasteiger partial charge is 0.481 e. The maximum absolute atomic E-state index is 11.8. The van der Waals surface area contributed by atoms with Crippen molar-refractivity contribution in [2.75, 3.05) is 26.2 Å². The Bertz CT molecular complexity index is 2610. The van der Waals surface area contributed by atoms with Gasteiger partial charge in [-0.15, -0.1) is 45.3 Å². The zero-order valence-electron chi connectivity index (χ0n) is 44.5. The van der Waals surface area contributed by atoms with Crippen LogP contribution in [-0.4, -0.2) is 114 Å². The third-order valence-corrected chi connectivity index (χ3v) is 19.8. The van der Waals surface area contributed by atoms with Crippen LogP contribution in [0.15, 0.2) is 74.9 Å². The number of hydrogen-bond acceptors (Lipinski definition) is 12. The van der Waals surface area contributed by atoms with Gasteiger partial charge in [0.15, 0.2) is 0 Å². The van der Waals surface area contributed by atoms with Gasteiger partial charge in [0.2, 0.25) is 23.6 Å². The molecule has 4 N–H and O–H groups in total. The number of thiophene rings is 4. The first-order valence-electron chi connectivity index (χ1n) is 25.6. The van der Waals surface area contributed by atoms with E-state index in [1.807, 2.05) is 52.0 Å². The molecule has 4 aliphatic heterocycles. The molecule has 0 saturated heterocycles. The van der Waals surface area contributed by atoms with Gasteiger partial charge >= 0.3 is 23.9 Å². The van der Waals surface area contributed by atoms with Crippen molar-refractivity contribution in [3.05, 3.63) is 134 Å². The molecule has 0 spiro atoms. The van der Waals surface area contributed by atoms with E-state index in [9.17, 15) is 58.8 Å². The normalized spacial score (nSPS) is 19.3. The smallest absolute Gasteiger partial charge is 0.307 e. The lowest BCUT2D eigenvalue weighted by Gasteiger charge is -2.34. The quantitative estimate of drug-likeness (QED) is 0.0768. The summed E-state index contributed by atoms with van der Waals surface area (Å²) in [6, 6.07) is 7.36. The Kier molecular flexibility index (Phi) is 24.2. The fourth-order valence-corrected chi connectivity index (χ4v) is 16.2. The molecule has 8 rings (SSSR count). The SMILES string of the molecule is C=CC(=O)N1Cc2sc(Cl)cc2[C@@H]([C@@H](CC)C(=O)O)C1.C=CC(=O)N1Cc2sc(Cl)cc2[C@@H]([C@H](CC)C(=O)O)C1.C=CC(=O)N1Cc2sc(Cl)cc2[C@H]([C@@H](CC)C(=O)O)C1.C=CC(=O)N1Cc2sc(Cl)cc2[C@H]([C@H](CC)C(=O)O)C1. The van der Waals surface area contributed by atoms with Gasteiger partial charge in [-0.05, 0) is 96.5 Å². The van der Waals surface area contributed by atoms with Gasteiger partial charge in [0, 0.05) is 69.4 Å². The number of carboxylic acid groups (broad SMARTS) is 4. The Morgan fingerprint density at radius 1 is 0.425 bits per heavy atom. The van der Waals surface area contributed by atoms with Crippen molar-refractivity contribution in [1.82, 2.24) is 19.6 Å². The predicted octanol–water partition coefficient (Wildman–Crippen LogP) is 12.5. The Balaban J connectivity index is 0.000000196. The van der Waals surface area contributed by atoms with Crippen LogP contribution in [0, 0.1) is 23.7 Å². The Labute approximate surface area is 501 Å². The molecule has 432 valence electrons. The lowest BCUT2D eigenvalue weighted by atomic mass is 9.82. The number of rotatable bonds is 16. The summed E-state index contributed by atoms with van der Waals surface area (Å²) in [6.45, 7) is 24.9. The van der Waals surface area contributed by atoms with Crippen molar-refractivity contribution in [2.45, 2.75) is 103 Å². The van der Waals surface area contributed by atoms with Gasteiger partial charge in [0.05, 0.1) is 67.2 Å². The molecule has 16 nitrogen and oxygen atoms in total. The molecular weight excluding hydrogens is 1190 g/mol. The molecule has 0 bridgehead atoms. The minimum Gasteiger partial charge on any atom is -0.481 e. The van der Waals surface area contributed by atoms with Crippen molar-refractivity contribution >= 4 is 139 Å². The van der Waals surface area contributed by atoms with E-state index in [1.165, 1.54) is 69.7 Å². The number of hydrogen-bond donors (Lipinski definition) is 4. The van der Waals surface area contributed by atoms with Crippen LogP contribution in [0.25, 0.3) is 0 Å². The Hall–Kier alpha value is -5.32. The lowest BCUT2D eigenvalue weighted by molar-refractivity contribution is -0.144. The third-order valence-electron chi connectivity index (χ3n) is 14.8. The standard InChI is InChI=1S/4C14H16ClNO3S/c4*1-3-8(14(18)19)10-6-16(13(17)4-2)7-11-9(10)5-12(15)20-11/h4*4-5,8,10H,2-3,6-7H2,1H3,(H,18,19)/t2*8-,10+;2*8-,10-/m1010/s1. The zero-order chi connectivity index (χ0) is 59.4. The molecular formula is C56H64Cl4N4O12S4. The highest BCUT2D eigenvalue weighted by Crippen LogP contribution is 2.45. The van der Waals surface area contributed by atoms with Gasteiger partial charge < -0.3 is 40.0 Å². The topological polar surface area (TPSA) is 230 Å². The van der Waals surface area contributed by atoms with Crippen LogP contribution in [-0.2, 0) is 64.5 Å². The highest BCUT2D eigenvalue weighted by Gasteiger charge is 2.41. The third kappa shape index (κ3) is 15.6. The molecule has 8 heterocycles. The summed E-state index contributed by atoms with van der Waals surface area (Å²) in [6.07, 6.45) is 7.12. The number of fused-ring (bicyclic) bond motifs is 4. The highest BCUT2D eigenvalue weighted by atomic mass is 35.5. The van der Waals surface area contributed by atoms with Crippen LogP contribution in [0.4, 0.5) is 0 Å². The summed E-state index contributed by atoms with van der Waals surface area (Å²) in [5.41, 5.74) is 3.90. The first-order valence-corrected chi connectivity index (χ1v) is 30.4. The predicted molar refractivity (Wildman–Crippen MR) is 316 cm³/mol. The average molecular weight is 1260 g/mol. The minimum atomic E-state index is -0.835. The van der Waals surface area contributed by atoms with Crippen molar-refractivity contribution < 1.29 is 58.8 Å². The maximum Gasteiger partial charge on any atom is 0.307 e. The number of carboxylic acids is 4. The molecule has 0 aromatic carbocycles. The van der Waals surface area contributed by atoms with Crippen molar-refractivity contribution in [2.24, 2.45) is 23.7 Å². The van der Waals surface area contributed by atoms with E-state index in [2.05, 4.69) is 26.3 Å². The van der Waals surface area contributed by atoms with Crippen LogP contribution in [0.5, 0.6) is 0 Å². The van der Waals surface area contributed by atoms with E-state index in [0.717, 1.165) is 41.8 Å². The average Bonchev–Trinajstić information content (AvgIpc) is 4.21. The molecule has 8 atom stereocenters. The van der Waals surface area contributed by atoms with Gasteiger partial charge in [-0.1, -0.05) is 100 Å². The van der Waals surface area contributed by atoms with Crippen LogP contribution < -0.4 is 0 Å². The molecule has 0 saturated carbocycles. The first-order chi connectivity index (χ1) is 37.9. The van der Waals surface area contributed by atoms with E-state index in [-0.39, 0.29) is 47.3 Å². The van der Waals surface area contributed by atoms with E-state index < -0.39 is 47.5 Å². The van der Waals surface area contributed by atoms with E-state index in [0.29, 0.717) is 95.4 Å². The van der Waals surface area contributed by atoms with E-state index >= 15 is 0 Å². The van der Waals surface area contributed by atoms with E-state index in [4.69, 9.17) is 46.4 Å². The van der Waals surface area contributed by atoms with Gasteiger partial charge in [0.1, 0.15) is 0 Å². The number of carbonyl (C=O) groups excluding carboxylic acids is 4. The number of carbonyl (C=O) groups is 8. The molecule has 4 aromatic rings. The van der Waals surface area contributed by atoms with Gasteiger partial charge in [-0.25, -0.2) is 0 Å². The number of amides is 4. The number of aliphatic carboxylic acids is 4. The second-order valence-corrected chi connectivity index (χ2v) is 26.3. The van der Waals surface area contributed by atoms with E-state index in [1.54, 1.807) is 19.6 Å².